The van der Waals surface area contributed by atoms with E-state index in [0.29, 0.717) is 6.04 Å². The van der Waals surface area contributed by atoms with E-state index in [4.69, 9.17) is 0 Å². The van der Waals surface area contributed by atoms with Gasteiger partial charge in [0.15, 0.2) is 0 Å². The van der Waals surface area contributed by atoms with Gasteiger partial charge in [-0.05, 0) is 43.2 Å². The summed E-state index contributed by atoms with van der Waals surface area (Å²) in [6, 6.07) is 13.4. The molecule has 0 radical (unpaired) electrons. The minimum absolute atomic E-state index is 0.236. The maximum absolute atomic E-state index is 9.55. The summed E-state index contributed by atoms with van der Waals surface area (Å²) in [4.78, 5) is 0. The van der Waals surface area contributed by atoms with Crippen molar-refractivity contribution in [2.45, 2.75) is 50.5 Å². The zero-order valence-electron chi connectivity index (χ0n) is 12.3. The van der Waals surface area contributed by atoms with Crippen LogP contribution in [0.15, 0.2) is 30.3 Å². The van der Waals surface area contributed by atoms with Crippen LogP contribution < -0.4 is 5.32 Å². The van der Waals surface area contributed by atoms with Crippen LogP contribution in [0.2, 0.25) is 0 Å². The first-order valence-corrected chi connectivity index (χ1v) is 7.94. The van der Waals surface area contributed by atoms with Crippen molar-refractivity contribution in [3.8, 4) is 6.07 Å². The highest BCUT2D eigenvalue weighted by Gasteiger charge is 2.46. The molecule has 2 fully saturated rings. The number of nitriles is 1. The predicted molar refractivity (Wildman–Crippen MR) is 81.3 cm³/mol. The first kappa shape index (κ1) is 13.6. The van der Waals surface area contributed by atoms with Gasteiger partial charge in [-0.1, -0.05) is 50.1 Å². The van der Waals surface area contributed by atoms with E-state index < -0.39 is 0 Å². The van der Waals surface area contributed by atoms with E-state index in [1.807, 2.05) is 18.2 Å². The molecule has 0 bridgehead atoms. The third-order valence-electron chi connectivity index (χ3n) is 5.44. The summed E-state index contributed by atoms with van der Waals surface area (Å²) in [6.07, 6.45) is 6.10. The molecule has 2 aliphatic rings. The summed E-state index contributed by atoms with van der Waals surface area (Å²) in [7, 11) is 0. The fourth-order valence-corrected chi connectivity index (χ4v) is 3.92. The maximum Gasteiger partial charge on any atom is 0.0852 e. The Hall–Kier alpha value is -1.33. The van der Waals surface area contributed by atoms with Gasteiger partial charge in [0.05, 0.1) is 11.5 Å². The molecule has 20 heavy (non-hydrogen) atoms. The molecule has 2 saturated carbocycles. The second-order valence-electron chi connectivity index (χ2n) is 6.74. The highest BCUT2D eigenvalue weighted by atomic mass is 14.9. The summed E-state index contributed by atoms with van der Waals surface area (Å²) >= 11 is 0. The molecule has 0 amide bonds. The summed E-state index contributed by atoms with van der Waals surface area (Å²) < 4.78 is 0. The van der Waals surface area contributed by atoms with E-state index in [1.165, 1.54) is 24.8 Å². The number of nitrogens with one attached hydrogen (secondary N) is 1. The molecular weight excluding hydrogens is 244 g/mol. The van der Waals surface area contributed by atoms with Gasteiger partial charge in [0.25, 0.3) is 0 Å². The molecule has 0 heterocycles. The second kappa shape index (κ2) is 5.58. The van der Waals surface area contributed by atoms with Crippen LogP contribution in [0.5, 0.6) is 0 Å². The van der Waals surface area contributed by atoms with Gasteiger partial charge in [-0.2, -0.15) is 5.26 Å². The molecule has 0 spiro atoms. The van der Waals surface area contributed by atoms with Crippen LogP contribution in [0.4, 0.5) is 0 Å². The van der Waals surface area contributed by atoms with Gasteiger partial charge in [0, 0.05) is 6.04 Å². The van der Waals surface area contributed by atoms with Crippen LogP contribution >= 0.6 is 0 Å². The van der Waals surface area contributed by atoms with E-state index in [1.54, 1.807) is 0 Å². The lowest BCUT2D eigenvalue weighted by Crippen LogP contribution is -2.52. The Bertz CT molecular complexity index is 482. The SMILES string of the molecule is CC1CCCC1CNC1CC(C#N)(c2ccccc2)C1. The fourth-order valence-electron chi connectivity index (χ4n) is 3.92. The molecule has 1 aromatic carbocycles. The number of benzene rings is 1. The van der Waals surface area contributed by atoms with Crippen molar-refractivity contribution < 1.29 is 0 Å². The quantitative estimate of drug-likeness (QED) is 0.905. The Morgan fingerprint density at radius 3 is 2.60 bits per heavy atom. The molecular formula is C18H24N2. The normalized spacial score (nSPS) is 36.3. The molecule has 0 aliphatic heterocycles. The summed E-state index contributed by atoms with van der Waals surface area (Å²) in [5, 5.41) is 13.3. The predicted octanol–water partition coefficient (Wildman–Crippen LogP) is 3.64. The zero-order valence-corrected chi connectivity index (χ0v) is 12.3. The van der Waals surface area contributed by atoms with Gasteiger partial charge in [-0.25, -0.2) is 0 Å². The first-order chi connectivity index (χ1) is 9.73. The summed E-state index contributed by atoms with van der Waals surface area (Å²) in [5.41, 5.74) is 0.954. The average Bonchev–Trinajstić information content (AvgIpc) is 2.84. The maximum atomic E-state index is 9.55. The first-order valence-electron chi connectivity index (χ1n) is 7.94. The van der Waals surface area contributed by atoms with Crippen LogP contribution in [0.25, 0.3) is 0 Å². The smallest absolute Gasteiger partial charge is 0.0852 e. The Labute approximate surface area is 122 Å². The van der Waals surface area contributed by atoms with E-state index in [0.717, 1.165) is 31.2 Å². The third kappa shape index (κ3) is 2.47. The van der Waals surface area contributed by atoms with Gasteiger partial charge >= 0.3 is 0 Å². The highest BCUT2D eigenvalue weighted by molar-refractivity contribution is 5.36. The lowest BCUT2D eigenvalue weighted by molar-refractivity contribution is 0.212. The summed E-state index contributed by atoms with van der Waals surface area (Å²) in [6.45, 7) is 3.52. The molecule has 1 aromatic rings. The van der Waals surface area contributed by atoms with Gasteiger partial charge in [0.1, 0.15) is 0 Å². The van der Waals surface area contributed by atoms with Crippen molar-refractivity contribution in [2.75, 3.05) is 6.54 Å². The number of nitrogens with zero attached hydrogens (tertiary/aromatic N) is 1. The third-order valence-corrected chi connectivity index (χ3v) is 5.44. The van der Waals surface area contributed by atoms with Crippen molar-refractivity contribution in [1.82, 2.24) is 5.32 Å². The zero-order chi connectivity index (χ0) is 14.0. The lowest BCUT2D eigenvalue weighted by atomic mass is 9.62. The van der Waals surface area contributed by atoms with Gasteiger partial charge in [-0.3, -0.25) is 0 Å². The Kier molecular flexibility index (Phi) is 3.81. The van der Waals surface area contributed by atoms with E-state index >= 15 is 0 Å². The van der Waals surface area contributed by atoms with Crippen LogP contribution in [0, 0.1) is 23.2 Å². The fraction of sp³-hybridized carbons (Fsp3) is 0.611. The summed E-state index contributed by atoms with van der Waals surface area (Å²) in [5.74, 6) is 1.72. The largest absolute Gasteiger partial charge is 0.314 e. The topological polar surface area (TPSA) is 35.8 Å². The number of rotatable bonds is 4. The Morgan fingerprint density at radius 1 is 1.25 bits per heavy atom. The number of hydrogen-bond acceptors (Lipinski definition) is 2. The standard InChI is InChI=1S/C18H24N2/c1-14-6-5-7-15(14)12-20-17-10-18(11-17,13-19)16-8-3-2-4-9-16/h2-4,8-9,14-15,17,20H,5-7,10-12H2,1H3. The van der Waals surface area contributed by atoms with Crippen molar-refractivity contribution in [2.24, 2.45) is 11.8 Å². The number of hydrogen-bond donors (Lipinski definition) is 1. The minimum atomic E-state index is -0.236. The highest BCUT2D eigenvalue weighted by Crippen LogP contribution is 2.43. The van der Waals surface area contributed by atoms with Gasteiger partial charge in [-0.15, -0.1) is 0 Å². The van der Waals surface area contributed by atoms with E-state index in [9.17, 15) is 5.26 Å². The van der Waals surface area contributed by atoms with E-state index in [2.05, 4.69) is 30.4 Å². The molecule has 0 saturated heterocycles. The molecule has 1 N–H and O–H groups in total. The molecule has 0 aromatic heterocycles. The molecule has 2 aliphatic carbocycles. The van der Waals surface area contributed by atoms with Crippen molar-refractivity contribution in [3.05, 3.63) is 35.9 Å². The van der Waals surface area contributed by atoms with Crippen molar-refractivity contribution >= 4 is 0 Å². The second-order valence-corrected chi connectivity index (χ2v) is 6.74. The molecule has 3 rings (SSSR count). The average molecular weight is 268 g/mol. The lowest BCUT2D eigenvalue weighted by Gasteiger charge is -2.44. The molecule has 2 heteroatoms. The molecule has 2 atom stereocenters. The van der Waals surface area contributed by atoms with Crippen molar-refractivity contribution in [1.29, 1.82) is 5.26 Å². The van der Waals surface area contributed by atoms with Crippen LogP contribution in [0.3, 0.4) is 0 Å². The molecule has 2 nitrogen and oxygen atoms in total. The van der Waals surface area contributed by atoms with Gasteiger partial charge < -0.3 is 5.32 Å². The monoisotopic (exact) mass is 268 g/mol. The Morgan fingerprint density at radius 2 is 2.00 bits per heavy atom. The minimum Gasteiger partial charge on any atom is -0.314 e. The van der Waals surface area contributed by atoms with Crippen molar-refractivity contribution in [3.63, 3.8) is 0 Å². The van der Waals surface area contributed by atoms with Gasteiger partial charge in [0.2, 0.25) is 0 Å². The van der Waals surface area contributed by atoms with Crippen LogP contribution in [-0.4, -0.2) is 12.6 Å². The Balaban J connectivity index is 1.53. The van der Waals surface area contributed by atoms with Crippen LogP contribution in [0.1, 0.15) is 44.6 Å². The van der Waals surface area contributed by atoms with E-state index in [-0.39, 0.29) is 5.41 Å². The van der Waals surface area contributed by atoms with Crippen LogP contribution in [-0.2, 0) is 5.41 Å². The molecule has 2 unspecified atom stereocenters. The molecule has 106 valence electrons.